The number of carbonyl (C=O) groups excluding carboxylic acids is 1. The Morgan fingerprint density at radius 1 is 0.917 bits per heavy atom. The summed E-state index contributed by atoms with van der Waals surface area (Å²) < 4.78 is 29.4. The normalized spacial score (nSPS) is 15.1. The molecule has 10 nitrogen and oxygen atoms in total. The molecule has 2 N–H and O–H groups in total. The summed E-state index contributed by atoms with van der Waals surface area (Å²) in [5.74, 6) is -0.358. The Labute approximate surface area is 284 Å². The lowest BCUT2D eigenvalue weighted by Crippen LogP contribution is -2.28. The molecule has 1 unspecified atom stereocenters. The highest BCUT2D eigenvalue weighted by Gasteiger charge is 2.35. The number of fused-ring (bicyclic) bond motifs is 1. The van der Waals surface area contributed by atoms with E-state index in [0.717, 1.165) is 52.8 Å². The van der Waals surface area contributed by atoms with Crippen molar-refractivity contribution in [2.24, 2.45) is 0 Å². The zero-order valence-corrected chi connectivity index (χ0v) is 29.9. The molecule has 0 aromatic heterocycles. The van der Waals surface area contributed by atoms with Gasteiger partial charge in [-0.2, -0.15) is 0 Å². The molecule has 0 amide bonds. The number of carbonyl (C=O) groups is 3. The molecule has 2 aromatic rings. The molecular formula is C38H52O10. The van der Waals surface area contributed by atoms with E-state index in [1.165, 1.54) is 5.57 Å². The first-order chi connectivity index (χ1) is 22.5. The predicted molar refractivity (Wildman–Crippen MR) is 183 cm³/mol. The van der Waals surface area contributed by atoms with Gasteiger partial charge in [-0.05, 0) is 115 Å². The molecule has 3 rings (SSSR count). The maximum absolute atomic E-state index is 13.8. The average molecular weight is 669 g/mol. The maximum atomic E-state index is 13.8. The number of hydrogen-bond acceptors (Lipinski definition) is 8. The van der Waals surface area contributed by atoms with Crippen molar-refractivity contribution in [3.63, 3.8) is 0 Å². The zero-order chi connectivity index (χ0) is 35.8. The molecule has 264 valence electrons. The van der Waals surface area contributed by atoms with Crippen LogP contribution in [0.4, 0.5) is 0 Å². The van der Waals surface area contributed by atoms with Crippen LogP contribution in [0.1, 0.15) is 111 Å². The van der Waals surface area contributed by atoms with Gasteiger partial charge < -0.3 is 33.9 Å². The second kappa shape index (κ2) is 16.5. The van der Waals surface area contributed by atoms with E-state index in [1.54, 1.807) is 14.2 Å². The lowest BCUT2D eigenvalue weighted by molar-refractivity contribution is -0.149. The molecule has 1 heterocycles. The van der Waals surface area contributed by atoms with Crippen molar-refractivity contribution < 1.29 is 48.3 Å². The monoisotopic (exact) mass is 668 g/mol. The second-order valence-electron chi connectivity index (χ2n) is 13.8. The second-order valence-corrected chi connectivity index (χ2v) is 13.8. The molecular weight excluding hydrogens is 616 g/mol. The van der Waals surface area contributed by atoms with Crippen molar-refractivity contribution in [2.45, 2.75) is 111 Å². The number of carboxylic acid groups (broad SMARTS) is 2. The number of Topliss-reactive ketones (excluding diaryl/α,β-unsaturated/α-hetero) is 1. The first kappa shape index (κ1) is 38.6. The smallest absolute Gasteiger partial charge is 0.329 e. The Kier molecular flexibility index (Phi) is 13.2. The van der Waals surface area contributed by atoms with Gasteiger partial charge in [-0.3, -0.25) is 4.79 Å². The fourth-order valence-electron chi connectivity index (χ4n) is 6.14. The third-order valence-corrected chi connectivity index (χ3v) is 8.89. The molecule has 0 saturated heterocycles. The minimum atomic E-state index is -1.02. The maximum Gasteiger partial charge on any atom is 0.329 e. The van der Waals surface area contributed by atoms with E-state index in [-0.39, 0.29) is 25.4 Å². The Hall–Kier alpha value is -3.89. The number of ketones is 1. The lowest BCUT2D eigenvalue weighted by atomic mass is 9.87. The highest BCUT2D eigenvalue weighted by Crippen LogP contribution is 2.45. The van der Waals surface area contributed by atoms with Crippen LogP contribution < -0.4 is 14.2 Å². The van der Waals surface area contributed by atoms with Gasteiger partial charge in [-0.15, -0.1) is 0 Å². The van der Waals surface area contributed by atoms with Gasteiger partial charge in [0.25, 0.3) is 0 Å². The molecule has 0 radical (unpaired) electrons. The fourth-order valence-corrected chi connectivity index (χ4v) is 6.14. The minimum absolute atomic E-state index is 0.0781. The van der Waals surface area contributed by atoms with Gasteiger partial charge in [0, 0.05) is 5.56 Å². The van der Waals surface area contributed by atoms with Crippen LogP contribution in [0.25, 0.3) is 0 Å². The van der Waals surface area contributed by atoms with Crippen LogP contribution in [-0.2, 0) is 31.9 Å². The standard InChI is InChI=1S/C38H52O10/c1-23(11-10-17-37(4,5)46-21-32(40)41)12-14-28-27(15-13-24(2)35(28)44-8)30-20-29(39)34-31(48-30)19-25(3)26(36(34)45-9)16-18-38(6,7)47-22-33(42)43/h12-13,15,19,30H,10-11,14,16-18,20-22H2,1-9H3,(H,40,41)(H,42,43)/b23-12+. The number of aryl methyl sites for hydroxylation is 2. The molecule has 0 spiro atoms. The van der Waals surface area contributed by atoms with E-state index in [4.69, 9.17) is 33.9 Å². The van der Waals surface area contributed by atoms with Crippen LogP contribution in [0.3, 0.4) is 0 Å². The number of carboxylic acids is 2. The molecule has 1 aliphatic heterocycles. The molecule has 0 saturated carbocycles. The van der Waals surface area contributed by atoms with Crippen LogP contribution in [0.2, 0.25) is 0 Å². The van der Waals surface area contributed by atoms with Gasteiger partial charge in [0.1, 0.15) is 42.1 Å². The highest BCUT2D eigenvalue weighted by atomic mass is 16.5. The van der Waals surface area contributed by atoms with Gasteiger partial charge in [-0.25, -0.2) is 9.59 Å². The third kappa shape index (κ3) is 10.3. The zero-order valence-electron chi connectivity index (χ0n) is 29.9. The van der Waals surface area contributed by atoms with Crippen molar-refractivity contribution in [3.05, 3.63) is 63.2 Å². The topological polar surface area (TPSA) is 138 Å². The summed E-state index contributed by atoms with van der Waals surface area (Å²) >= 11 is 0. The Morgan fingerprint density at radius 2 is 1.52 bits per heavy atom. The molecule has 0 fully saturated rings. The summed E-state index contributed by atoms with van der Waals surface area (Å²) in [6.45, 7) is 12.8. The summed E-state index contributed by atoms with van der Waals surface area (Å²) in [5.41, 5.74) is 5.02. The van der Waals surface area contributed by atoms with Crippen LogP contribution in [-0.4, -0.2) is 66.6 Å². The molecule has 0 aliphatic carbocycles. The molecule has 0 bridgehead atoms. The van der Waals surface area contributed by atoms with E-state index < -0.39 is 29.2 Å². The molecule has 10 heteroatoms. The van der Waals surface area contributed by atoms with Crippen molar-refractivity contribution >= 4 is 17.7 Å². The largest absolute Gasteiger partial charge is 0.496 e. The Balaban J connectivity index is 1.85. The van der Waals surface area contributed by atoms with E-state index in [2.05, 4.69) is 13.0 Å². The van der Waals surface area contributed by atoms with Crippen LogP contribution in [0, 0.1) is 13.8 Å². The third-order valence-electron chi connectivity index (χ3n) is 8.89. The van der Waals surface area contributed by atoms with E-state index >= 15 is 0 Å². The van der Waals surface area contributed by atoms with Crippen molar-refractivity contribution in [1.82, 2.24) is 0 Å². The number of benzene rings is 2. The number of hydrogen-bond donors (Lipinski definition) is 2. The summed E-state index contributed by atoms with van der Waals surface area (Å²) in [7, 11) is 3.20. The summed E-state index contributed by atoms with van der Waals surface area (Å²) in [6.07, 6.45) is 5.84. The van der Waals surface area contributed by atoms with E-state index in [1.807, 2.05) is 59.7 Å². The SMILES string of the molecule is COc1c(C)ccc(C2CC(=O)c3c(cc(C)c(CCC(C)(C)OCC(=O)O)c3OC)O2)c1C/C=C(\C)CCCC(C)(C)OCC(=O)O. The average Bonchev–Trinajstić information content (AvgIpc) is 3.00. The van der Waals surface area contributed by atoms with Crippen LogP contribution in [0.5, 0.6) is 17.2 Å². The van der Waals surface area contributed by atoms with Gasteiger partial charge in [0.05, 0.1) is 31.8 Å². The molecule has 1 aliphatic rings. The van der Waals surface area contributed by atoms with Gasteiger partial charge in [0.2, 0.25) is 0 Å². The molecule has 1 atom stereocenters. The van der Waals surface area contributed by atoms with Crippen molar-refractivity contribution in [1.29, 1.82) is 0 Å². The van der Waals surface area contributed by atoms with Gasteiger partial charge in [0.15, 0.2) is 5.78 Å². The lowest BCUT2D eigenvalue weighted by Gasteiger charge is -2.31. The first-order valence-corrected chi connectivity index (χ1v) is 16.4. The highest BCUT2D eigenvalue weighted by molar-refractivity contribution is 6.03. The molecule has 2 aromatic carbocycles. The first-order valence-electron chi connectivity index (χ1n) is 16.4. The fraction of sp³-hybridized carbons (Fsp3) is 0.553. The number of methoxy groups -OCH3 is 2. The summed E-state index contributed by atoms with van der Waals surface area (Å²) in [4.78, 5) is 35.8. The quantitative estimate of drug-likeness (QED) is 0.155. The number of aliphatic carboxylic acids is 2. The number of allylic oxidation sites excluding steroid dienone is 2. The van der Waals surface area contributed by atoms with E-state index in [0.29, 0.717) is 36.3 Å². The van der Waals surface area contributed by atoms with Crippen molar-refractivity contribution in [3.8, 4) is 17.2 Å². The minimum Gasteiger partial charge on any atom is -0.496 e. The van der Waals surface area contributed by atoms with E-state index in [9.17, 15) is 14.4 Å². The van der Waals surface area contributed by atoms with Gasteiger partial charge >= 0.3 is 11.9 Å². The Morgan fingerprint density at radius 3 is 2.10 bits per heavy atom. The summed E-state index contributed by atoms with van der Waals surface area (Å²) in [5, 5.41) is 18.0. The number of rotatable bonds is 18. The summed E-state index contributed by atoms with van der Waals surface area (Å²) in [6, 6.07) is 5.89. The van der Waals surface area contributed by atoms with Crippen molar-refractivity contribution in [2.75, 3.05) is 27.4 Å². The van der Waals surface area contributed by atoms with Crippen LogP contribution >= 0.6 is 0 Å². The number of ether oxygens (including phenoxy) is 5. The van der Waals surface area contributed by atoms with Crippen LogP contribution in [0.15, 0.2) is 29.8 Å². The predicted octanol–water partition coefficient (Wildman–Crippen LogP) is 7.38. The van der Waals surface area contributed by atoms with Gasteiger partial charge in [-0.1, -0.05) is 23.8 Å². The molecule has 48 heavy (non-hydrogen) atoms. The Bertz CT molecular complexity index is 1520.